The van der Waals surface area contributed by atoms with Crippen LogP contribution in [0, 0.1) is 0 Å². The molecule has 210 valence electrons. The number of nitrogens with one attached hydrogen (secondary N) is 4. The van der Waals surface area contributed by atoms with Crippen LogP contribution < -0.4 is 20.9 Å². The average Bonchev–Trinajstić information content (AvgIpc) is 3.57. The predicted molar refractivity (Wildman–Crippen MR) is 158 cm³/mol. The second kappa shape index (κ2) is 13.5. The Balaban J connectivity index is 1.29. The molecule has 1 atom stereocenters. The zero-order valence-corrected chi connectivity index (χ0v) is 23.7. The molecule has 1 aliphatic rings. The summed E-state index contributed by atoms with van der Waals surface area (Å²) < 4.78 is 0. The first-order valence-corrected chi connectivity index (χ1v) is 13.5. The van der Waals surface area contributed by atoms with Crippen molar-refractivity contribution in [2.75, 3.05) is 49.3 Å². The van der Waals surface area contributed by atoms with E-state index in [1.54, 1.807) is 24.3 Å². The zero-order valence-electron chi connectivity index (χ0n) is 22.2. The fourth-order valence-electron chi connectivity index (χ4n) is 4.29. The second-order valence-electron chi connectivity index (χ2n) is 9.64. The quantitative estimate of drug-likeness (QED) is 0.262. The van der Waals surface area contributed by atoms with Crippen LogP contribution in [-0.4, -0.2) is 72.6 Å². The minimum absolute atomic E-state index is 0.107. The largest absolute Gasteiger partial charge is 0.369 e. The number of H-pyrrole nitrogens is 1. The van der Waals surface area contributed by atoms with E-state index in [9.17, 15) is 14.4 Å². The maximum absolute atomic E-state index is 13.0. The molecular weight excluding hydrogens is 553 g/mol. The molecule has 1 aromatic heterocycles. The Labute approximate surface area is 242 Å². The SMILES string of the molecule is CN(C)CC/C=C/C(=O)Nc1ccc(N2CC[C@H](NC(=O)c3[nH]ncc3NC(=O)c3c(Cl)cccc3Cl)C2)cc1. The number of hydrogen-bond acceptors (Lipinski definition) is 6. The van der Waals surface area contributed by atoms with Gasteiger partial charge in [0.15, 0.2) is 0 Å². The van der Waals surface area contributed by atoms with Gasteiger partial charge in [-0.3, -0.25) is 19.5 Å². The van der Waals surface area contributed by atoms with Crippen LogP contribution in [0.2, 0.25) is 10.0 Å². The standard InChI is InChI=1S/C28H31Cl2N7O3/c1-36(2)14-4-3-8-24(38)32-18-9-11-20(12-10-18)37-15-13-19(17-37)33-28(40)26-23(16-31-35-26)34-27(39)25-21(29)6-5-7-22(25)30/h3,5-12,16,19H,4,13-15,17H2,1-2H3,(H,31,35)(H,32,38)(H,33,40)(H,34,39)/b8-3+/t19-/m0/s1. The van der Waals surface area contributed by atoms with Crippen LogP contribution >= 0.6 is 23.2 Å². The normalized spacial score (nSPS) is 15.0. The maximum atomic E-state index is 13.0. The smallest absolute Gasteiger partial charge is 0.271 e. The highest BCUT2D eigenvalue weighted by atomic mass is 35.5. The summed E-state index contributed by atoms with van der Waals surface area (Å²) in [6.45, 7) is 2.24. The van der Waals surface area contributed by atoms with Crippen molar-refractivity contribution in [3.63, 3.8) is 0 Å². The van der Waals surface area contributed by atoms with Gasteiger partial charge in [0.25, 0.3) is 11.8 Å². The highest BCUT2D eigenvalue weighted by Gasteiger charge is 2.27. The Bertz CT molecular complexity index is 1370. The number of rotatable bonds is 10. The number of aromatic amines is 1. The van der Waals surface area contributed by atoms with Gasteiger partial charge >= 0.3 is 0 Å². The van der Waals surface area contributed by atoms with E-state index in [0.29, 0.717) is 12.2 Å². The van der Waals surface area contributed by atoms with Gasteiger partial charge in [0.2, 0.25) is 5.91 Å². The maximum Gasteiger partial charge on any atom is 0.271 e. The van der Waals surface area contributed by atoms with Gasteiger partial charge in [-0.1, -0.05) is 35.3 Å². The van der Waals surface area contributed by atoms with Gasteiger partial charge in [0.05, 0.1) is 27.5 Å². The first kappa shape index (κ1) is 29.1. The molecule has 1 saturated heterocycles. The first-order chi connectivity index (χ1) is 19.2. The highest BCUT2D eigenvalue weighted by molar-refractivity contribution is 6.40. The van der Waals surface area contributed by atoms with Gasteiger partial charge in [-0.05, 0) is 69.4 Å². The van der Waals surface area contributed by atoms with Crippen molar-refractivity contribution in [3.8, 4) is 0 Å². The Kier molecular flexibility index (Phi) is 9.81. The van der Waals surface area contributed by atoms with Crippen LogP contribution in [0.15, 0.2) is 60.8 Å². The van der Waals surface area contributed by atoms with E-state index >= 15 is 0 Å². The summed E-state index contributed by atoms with van der Waals surface area (Å²) in [5.41, 5.74) is 2.17. The minimum atomic E-state index is -0.543. The van der Waals surface area contributed by atoms with E-state index in [4.69, 9.17) is 23.2 Å². The van der Waals surface area contributed by atoms with Gasteiger partial charge < -0.3 is 25.8 Å². The number of anilines is 3. The summed E-state index contributed by atoms with van der Waals surface area (Å²) >= 11 is 12.3. The molecule has 10 nitrogen and oxygen atoms in total. The molecule has 1 fully saturated rings. The third-order valence-electron chi connectivity index (χ3n) is 6.34. The van der Waals surface area contributed by atoms with Crippen molar-refractivity contribution in [2.45, 2.75) is 18.9 Å². The van der Waals surface area contributed by atoms with Crippen LogP contribution in [0.4, 0.5) is 17.1 Å². The van der Waals surface area contributed by atoms with Crippen molar-refractivity contribution < 1.29 is 14.4 Å². The minimum Gasteiger partial charge on any atom is -0.369 e. The molecule has 1 aliphatic heterocycles. The number of nitrogens with zero attached hydrogens (tertiary/aromatic N) is 3. The summed E-state index contributed by atoms with van der Waals surface area (Å²) in [4.78, 5) is 42.1. The van der Waals surface area contributed by atoms with Crippen LogP contribution in [-0.2, 0) is 4.79 Å². The number of amides is 3. The van der Waals surface area contributed by atoms with Crippen LogP contribution in [0.1, 0.15) is 33.7 Å². The van der Waals surface area contributed by atoms with Gasteiger partial charge in [-0.2, -0.15) is 5.10 Å². The molecule has 0 unspecified atom stereocenters. The Hall–Kier alpha value is -3.86. The van der Waals surface area contributed by atoms with Crippen LogP contribution in [0.5, 0.6) is 0 Å². The monoisotopic (exact) mass is 583 g/mol. The van der Waals surface area contributed by atoms with E-state index in [2.05, 4.69) is 35.9 Å². The lowest BCUT2D eigenvalue weighted by atomic mass is 10.2. The number of halogens is 2. The molecule has 3 aromatic rings. The van der Waals surface area contributed by atoms with Gasteiger partial charge in [-0.25, -0.2) is 0 Å². The molecule has 0 bridgehead atoms. The van der Waals surface area contributed by atoms with E-state index in [-0.39, 0.29) is 44.8 Å². The third kappa shape index (κ3) is 7.62. The topological polar surface area (TPSA) is 122 Å². The lowest BCUT2D eigenvalue weighted by molar-refractivity contribution is -0.111. The molecule has 0 spiro atoms. The van der Waals surface area contributed by atoms with Gasteiger partial charge in [0.1, 0.15) is 5.69 Å². The lowest BCUT2D eigenvalue weighted by Gasteiger charge is -2.19. The summed E-state index contributed by atoms with van der Waals surface area (Å²) in [5.74, 6) is -1.10. The summed E-state index contributed by atoms with van der Waals surface area (Å²) in [5, 5.41) is 15.5. The van der Waals surface area contributed by atoms with Gasteiger partial charge in [0, 0.05) is 37.1 Å². The van der Waals surface area contributed by atoms with E-state index < -0.39 is 5.91 Å². The zero-order chi connectivity index (χ0) is 28.6. The molecule has 40 heavy (non-hydrogen) atoms. The third-order valence-corrected chi connectivity index (χ3v) is 6.97. The molecular formula is C28H31Cl2N7O3. The van der Waals surface area contributed by atoms with Crippen molar-refractivity contribution in [3.05, 3.63) is 82.1 Å². The molecule has 0 saturated carbocycles. The second-order valence-corrected chi connectivity index (χ2v) is 10.5. The number of carbonyl (C=O) groups is 3. The fourth-order valence-corrected chi connectivity index (χ4v) is 4.86. The molecule has 0 aliphatic carbocycles. The summed E-state index contributed by atoms with van der Waals surface area (Å²) in [6, 6.07) is 12.3. The molecule has 2 aromatic carbocycles. The Morgan fingerprint density at radius 3 is 2.50 bits per heavy atom. The van der Waals surface area contributed by atoms with Crippen molar-refractivity contribution in [1.82, 2.24) is 20.4 Å². The van der Waals surface area contributed by atoms with Crippen LogP contribution in [0.3, 0.4) is 0 Å². The lowest BCUT2D eigenvalue weighted by Crippen LogP contribution is -2.37. The molecule has 4 rings (SSSR count). The van der Waals surface area contributed by atoms with Crippen LogP contribution in [0.25, 0.3) is 0 Å². The van der Waals surface area contributed by atoms with Crippen molar-refractivity contribution in [2.24, 2.45) is 0 Å². The number of carbonyl (C=O) groups excluding carboxylic acids is 3. The van der Waals surface area contributed by atoms with Crippen molar-refractivity contribution in [1.29, 1.82) is 0 Å². The highest BCUT2D eigenvalue weighted by Crippen LogP contribution is 2.26. The van der Waals surface area contributed by atoms with Crippen molar-refractivity contribution >= 4 is 58.0 Å². The summed E-state index contributed by atoms with van der Waals surface area (Å²) in [6.07, 6.45) is 6.32. The Morgan fingerprint density at radius 1 is 1.07 bits per heavy atom. The first-order valence-electron chi connectivity index (χ1n) is 12.8. The number of aromatic nitrogens is 2. The molecule has 4 N–H and O–H groups in total. The van der Waals surface area contributed by atoms with E-state index in [1.165, 1.54) is 6.20 Å². The number of benzene rings is 2. The molecule has 12 heteroatoms. The van der Waals surface area contributed by atoms with Gasteiger partial charge in [-0.15, -0.1) is 0 Å². The molecule has 0 radical (unpaired) electrons. The predicted octanol–water partition coefficient (Wildman–Crippen LogP) is 4.42. The van der Waals surface area contributed by atoms with E-state index in [0.717, 1.165) is 31.6 Å². The summed E-state index contributed by atoms with van der Waals surface area (Å²) in [7, 11) is 3.98. The molecule has 3 amide bonds. The number of hydrogen-bond donors (Lipinski definition) is 4. The van der Waals surface area contributed by atoms with E-state index in [1.807, 2.05) is 44.4 Å². The Morgan fingerprint density at radius 2 is 1.80 bits per heavy atom. The fraction of sp³-hybridized carbons (Fsp3) is 0.286. The molecule has 2 heterocycles. The average molecular weight is 585 g/mol.